The zero-order valence-corrected chi connectivity index (χ0v) is 62.0. The highest BCUT2D eigenvalue weighted by Gasteiger charge is 2.54. The van der Waals surface area contributed by atoms with Crippen molar-refractivity contribution in [2.75, 3.05) is 231 Å². The largest absolute Gasteiger partial charge is 0.481 e. The molecule has 0 spiro atoms. The second kappa shape index (κ2) is 59.0. The average molecular weight is 1460 g/mol. The van der Waals surface area contributed by atoms with Crippen LogP contribution >= 0.6 is 21.6 Å². The predicted molar refractivity (Wildman–Crippen MR) is 368 cm³/mol. The van der Waals surface area contributed by atoms with Crippen molar-refractivity contribution in [3.63, 3.8) is 0 Å². The summed E-state index contributed by atoms with van der Waals surface area (Å²) in [6.07, 6.45) is 1.51. The molecule has 1 amide bonds. The molecule has 0 saturated carbocycles. The smallest absolute Gasteiger partial charge is 0.407 e. The van der Waals surface area contributed by atoms with Crippen molar-refractivity contribution >= 4 is 57.3 Å². The van der Waals surface area contributed by atoms with Gasteiger partial charge in [-0.05, 0) is 90.7 Å². The van der Waals surface area contributed by atoms with Gasteiger partial charge in [-0.25, -0.2) is 16.4 Å². The maximum Gasteiger partial charge on any atom is 0.407 e. The van der Waals surface area contributed by atoms with Crippen LogP contribution in [-0.4, -0.2) is 288 Å². The van der Waals surface area contributed by atoms with Crippen LogP contribution in [0.2, 0.25) is 0 Å². The van der Waals surface area contributed by atoms with E-state index in [-0.39, 0.29) is 104 Å². The topological polar surface area (TPSA) is 327 Å². The molecular formula is C68H117N3O26S2. The molecule has 99 heavy (non-hydrogen) atoms. The van der Waals surface area contributed by atoms with E-state index in [1.165, 1.54) is 28.7 Å². The Labute approximate surface area is 594 Å². The summed E-state index contributed by atoms with van der Waals surface area (Å²) in [7, 11) is 4.36. The third kappa shape index (κ3) is 53.1. The second-order valence-electron chi connectivity index (χ2n) is 24.9. The van der Waals surface area contributed by atoms with Gasteiger partial charge < -0.3 is 105 Å². The number of alkyl carbamates (subject to hydrolysis) is 1. The van der Waals surface area contributed by atoms with Crippen LogP contribution in [0.5, 0.6) is 0 Å². The molecule has 0 aliphatic heterocycles. The number of nitrogens with zero attached hydrogens (tertiary/aromatic N) is 2. The number of hydrogen-bond acceptors (Lipinski definition) is 28. The van der Waals surface area contributed by atoms with Crippen LogP contribution in [0.15, 0.2) is 29.4 Å². The van der Waals surface area contributed by atoms with E-state index in [4.69, 9.17) is 102 Å². The molecule has 0 bridgehead atoms. The lowest BCUT2D eigenvalue weighted by molar-refractivity contribution is -0.170. The van der Waals surface area contributed by atoms with Crippen molar-refractivity contribution in [3.8, 4) is 0 Å². The molecule has 0 fully saturated rings. The number of rotatable bonds is 69. The number of pyridine rings is 1. The van der Waals surface area contributed by atoms with Gasteiger partial charge in [-0.3, -0.25) is 24.0 Å². The molecule has 2 N–H and O–H groups in total. The number of carbonyl (C=O) groups excluding carboxylic acids is 5. The van der Waals surface area contributed by atoms with Gasteiger partial charge in [0.15, 0.2) is 0 Å². The number of ketones is 1. The Balaban J connectivity index is 2.40. The maximum atomic E-state index is 14.6. The first-order chi connectivity index (χ1) is 47.5. The fraction of sp³-hybridized carbons (Fsp3) is 0.824. The number of nitrogens with one attached hydrogen (secondary N) is 1. The molecule has 0 aliphatic carbocycles. The summed E-state index contributed by atoms with van der Waals surface area (Å²) in [5.74, 6) is -2.52. The number of aliphatic carboxylic acids is 1. The van der Waals surface area contributed by atoms with Gasteiger partial charge in [0.1, 0.15) is 36.2 Å². The summed E-state index contributed by atoms with van der Waals surface area (Å²) < 4.78 is 105. The summed E-state index contributed by atoms with van der Waals surface area (Å²) in [5.41, 5.74) is -6.26. The Morgan fingerprint density at radius 2 is 0.879 bits per heavy atom. The van der Waals surface area contributed by atoms with Crippen molar-refractivity contribution in [3.05, 3.63) is 35.8 Å². The fourth-order valence-corrected chi connectivity index (χ4v) is 11.1. The first-order valence-corrected chi connectivity index (χ1v) is 36.2. The van der Waals surface area contributed by atoms with E-state index in [9.17, 15) is 28.8 Å². The zero-order valence-electron chi connectivity index (χ0n) is 60.4. The van der Waals surface area contributed by atoms with Crippen LogP contribution in [0.4, 0.5) is 4.79 Å². The quantitative estimate of drug-likeness (QED) is 0.0212. The molecule has 3 atom stereocenters. The molecule has 1 aromatic rings. The van der Waals surface area contributed by atoms with Crippen molar-refractivity contribution in [1.82, 2.24) is 10.3 Å². The minimum absolute atomic E-state index is 0.0122. The number of hydrogen-bond donors (Lipinski definition) is 2. The predicted octanol–water partition coefficient (Wildman–Crippen LogP) is 7.35. The third-order valence-corrected chi connectivity index (χ3v) is 16.1. The molecule has 1 rings (SSSR count). The van der Waals surface area contributed by atoms with Gasteiger partial charge in [-0.1, -0.05) is 16.9 Å². The van der Waals surface area contributed by atoms with E-state index < -0.39 is 57.4 Å². The lowest BCUT2D eigenvalue weighted by Crippen LogP contribution is -2.47. The van der Waals surface area contributed by atoms with Crippen molar-refractivity contribution in [1.29, 1.82) is 0 Å². The Hall–Kier alpha value is -4.44. The Morgan fingerprint density at radius 1 is 0.475 bits per heavy atom. The SMILES string of the molecule is [C-]#[N+]C(C)(CCC(=O)CCCOCCOCCOCCOCCOCCOCCOCCOCCOCCOCCOCCOCCOCCC(=O)O)CC(C)(CC(C)(CC(C)(C)C(=O)OCCOC)C(=O)OCCOCCNC(=O)OC(C)(C)C)C(=O)OCCSSc1ccccn1. The molecule has 29 nitrogen and oxygen atoms in total. The highest BCUT2D eigenvalue weighted by molar-refractivity contribution is 8.76. The van der Waals surface area contributed by atoms with Crippen LogP contribution in [0.1, 0.15) is 107 Å². The first kappa shape index (κ1) is 92.6. The summed E-state index contributed by atoms with van der Waals surface area (Å²) in [4.78, 5) is 86.7. The minimum atomic E-state index is -1.54. The molecule has 572 valence electrons. The van der Waals surface area contributed by atoms with E-state index in [2.05, 4.69) is 15.1 Å². The third-order valence-electron chi connectivity index (χ3n) is 13.9. The highest BCUT2D eigenvalue weighted by Crippen LogP contribution is 2.49. The molecule has 31 heteroatoms. The number of methoxy groups -OCH3 is 1. The summed E-state index contributed by atoms with van der Waals surface area (Å²) in [5, 5.41) is 11.9. The summed E-state index contributed by atoms with van der Waals surface area (Å²) in [6.45, 7) is 32.6. The minimum Gasteiger partial charge on any atom is -0.481 e. The number of amides is 1. The normalized spacial score (nSPS) is 13.6. The van der Waals surface area contributed by atoms with E-state index in [0.29, 0.717) is 177 Å². The van der Waals surface area contributed by atoms with Crippen LogP contribution in [0.25, 0.3) is 4.85 Å². The van der Waals surface area contributed by atoms with E-state index in [1.54, 1.807) is 61.6 Å². The van der Waals surface area contributed by atoms with Crippen molar-refractivity contribution < 1.29 is 124 Å². The van der Waals surface area contributed by atoms with Crippen LogP contribution in [0, 0.1) is 22.8 Å². The Kier molecular flexibility index (Phi) is 55.2. The molecule has 0 aromatic carbocycles. The number of Topliss-reactive ketones (excluding diaryl/α,β-unsaturated/α-hetero) is 1. The number of aromatic nitrogens is 1. The standard InChI is InChI=1S/C68H117N3O26S2/c1-64(2,3)97-63(78)71-20-23-82-49-51-95-61(76)66(6,54-65(4,5)60(75)94-50-24-79-10)55-67(7,62(77)96-52-53-98-99-58-15-11-12-19-70-58)56-68(8,69-9)18-16-57(72)14-13-21-80-25-27-83-29-31-85-33-35-87-37-39-89-41-43-91-45-47-93-48-46-92-44-42-90-40-38-88-36-34-86-32-30-84-28-26-81-22-17-59(73)74/h11-12,15,19H,13-14,16-18,20-56H2,1-8,10H3,(H,71,78)(H,73,74). The monoisotopic (exact) mass is 1460 g/mol. The van der Waals surface area contributed by atoms with Gasteiger partial charge in [0.25, 0.3) is 0 Å². The molecular weight excluding hydrogens is 1340 g/mol. The molecule has 0 radical (unpaired) electrons. The lowest BCUT2D eigenvalue weighted by atomic mass is 9.62. The molecule has 1 heterocycles. The fourth-order valence-electron chi connectivity index (χ4n) is 9.42. The lowest BCUT2D eigenvalue weighted by Gasteiger charge is -2.41. The number of esters is 3. The number of carboxylic acid groups (broad SMARTS) is 1. The zero-order chi connectivity index (χ0) is 73.0. The second-order valence-corrected chi connectivity index (χ2v) is 27.3. The molecule has 1 aromatic heterocycles. The van der Waals surface area contributed by atoms with Gasteiger partial charge in [-0.2, -0.15) is 0 Å². The van der Waals surface area contributed by atoms with E-state index >= 15 is 0 Å². The van der Waals surface area contributed by atoms with E-state index in [1.807, 2.05) is 18.2 Å². The first-order valence-electron chi connectivity index (χ1n) is 33.9. The highest BCUT2D eigenvalue weighted by atomic mass is 33.1. The van der Waals surface area contributed by atoms with Crippen LogP contribution in [-0.2, 0) is 114 Å². The van der Waals surface area contributed by atoms with Crippen molar-refractivity contribution in [2.24, 2.45) is 16.2 Å². The van der Waals surface area contributed by atoms with Gasteiger partial charge >= 0.3 is 30.0 Å². The van der Waals surface area contributed by atoms with Gasteiger partial charge in [0, 0.05) is 64.8 Å². The van der Waals surface area contributed by atoms with E-state index in [0.717, 1.165) is 5.03 Å². The summed E-state index contributed by atoms with van der Waals surface area (Å²) in [6, 6.07) is 5.56. The van der Waals surface area contributed by atoms with Crippen molar-refractivity contribution in [2.45, 2.75) is 123 Å². The number of ether oxygens (including phenoxy) is 19. The number of carboxylic acids is 1. The molecule has 3 unspecified atom stereocenters. The van der Waals surface area contributed by atoms with Gasteiger partial charge in [0.2, 0.25) is 5.54 Å². The van der Waals surface area contributed by atoms with Gasteiger partial charge in [0.05, 0.1) is 208 Å². The Bertz CT molecular complexity index is 2290. The maximum absolute atomic E-state index is 14.6. The van der Waals surface area contributed by atoms with Crippen LogP contribution in [0.3, 0.4) is 0 Å². The molecule has 0 saturated heterocycles. The molecule has 0 aliphatic rings. The van der Waals surface area contributed by atoms with Gasteiger partial charge in [-0.15, -0.1) is 0 Å². The average Bonchev–Trinajstić information content (AvgIpc) is 0.776. The number of carbonyl (C=O) groups is 6. The Morgan fingerprint density at radius 3 is 1.30 bits per heavy atom. The summed E-state index contributed by atoms with van der Waals surface area (Å²) >= 11 is 0. The van der Waals surface area contributed by atoms with Crippen LogP contribution < -0.4 is 5.32 Å².